The van der Waals surface area contributed by atoms with Crippen LogP contribution in [-0.4, -0.2) is 24.3 Å². The van der Waals surface area contributed by atoms with E-state index < -0.39 is 5.97 Å². The lowest BCUT2D eigenvalue weighted by Crippen LogP contribution is -2.01. The zero-order valence-electron chi connectivity index (χ0n) is 12.8. The lowest BCUT2D eigenvalue weighted by atomic mass is 10.2. The summed E-state index contributed by atoms with van der Waals surface area (Å²) in [5.41, 5.74) is 0.782. The van der Waals surface area contributed by atoms with E-state index in [9.17, 15) is 4.79 Å². The van der Waals surface area contributed by atoms with Gasteiger partial charge in [-0.2, -0.15) is 0 Å². The van der Waals surface area contributed by atoms with E-state index in [1.807, 2.05) is 25.1 Å². The van der Waals surface area contributed by atoms with Gasteiger partial charge < -0.3 is 14.6 Å². The van der Waals surface area contributed by atoms with Crippen molar-refractivity contribution in [2.45, 2.75) is 39.5 Å². The van der Waals surface area contributed by atoms with Crippen LogP contribution >= 0.6 is 0 Å². The van der Waals surface area contributed by atoms with Crippen LogP contribution in [0.25, 0.3) is 6.08 Å². The number of aliphatic carboxylic acids is 1. The monoisotopic (exact) mass is 292 g/mol. The summed E-state index contributed by atoms with van der Waals surface area (Å²) in [7, 11) is 0. The van der Waals surface area contributed by atoms with Gasteiger partial charge in [-0.25, -0.2) is 4.79 Å². The number of rotatable bonds is 10. The van der Waals surface area contributed by atoms with Crippen molar-refractivity contribution in [3.8, 4) is 11.5 Å². The fourth-order valence-electron chi connectivity index (χ4n) is 1.89. The van der Waals surface area contributed by atoms with Crippen LogP contribution in [0.15, 0.2) is 24.3 Å². The van der Waals surface area contributed by atoms with Crippen molar-refractivity contribution in [1.82, 2.24) is 0 Å². The zero-order chi connectivity index (χ0) is 15.5. The quantitative estimate of drug-likeness (QED) is 0.520. The van der Waals surface area contributed by atoms with E-state index in [0.29, 0.717) is 24.7 Å². The molecule has 0 amide bonds. The van der Waals surface area contributed by atoms with Crippen molar-refractivity contribution in [2.24, 2.45) is 0 Å². The molecule has 0 aliphatic carbocycles. The second-order valence-electron chi connectivity index (χ2n) is 4.72. The minimum absolute atomic E-state index is 0.566. The van der Waals surface area contributed by atoms with E-state index in [-0.39, 0.29) is 0 Å². The Morgan fingerprint density at radius 2 is 1.95 bits per heavy atom. The SMILES string of the molecule is CCCCCCOc1cc(C=CC(=O)O)ccc1OCC. The van der Waals surface area contributed by atoms with Gasteiger partial charge >= 0.3 is 5.97 Å². The Labute approximate surface area is 126 Å². The Balaban J connectivity index is 2.71. The topological polar surface area (TPSA) is 55.8 Å². The average molecular weight is 292 g/mol. The van der Waals surface area contributed by atoms with Crippen LogP contribution in [0.5, 0.6) is 11.5 Å². The number of unbranched alkanes of at least 4 members (excludes halogenated alkanes) is 3. The number of hydrogen-bond acceptors (Lipinski definition) is 3. The Morgan fingerprint density at radius 1 is 1.14 bits per heavy atom. The smallest absolute Gasteiger partial charge is 0.328 e. The van der Waals surface area contributed by atoms with E-state index in [2.05, 4.69) is 6.92 Å². The van der Waals surface area contributed by atoms with Crippen molar-refractivity contribution in [3.05, 3.63) is 29.8 Å². The van der Waals surface area contributed by atoms with Crippen molar-refractivity contribution in [1.29, 1.82) is 0 Å². The molecule has 116 valence electrons. The summed E-state index contributed by atoms with van der Waals surface area (Å²) >= 11 is 0. The highest BCUT2D eigenvalue weighted by atomic mass is 16.5. The lowest BCUT2D eigenvalue weighted by Gasteiger charge is -2.12. The van der Waals surface area contributed by atoms with E-state index in [1.54, 1.807) is 6.08 Å². The summed E-state index contributed by atoms with van der Waals surface area (Å²) in [5, 5.41) is 8.66. The molecule has 1 N–H and O–H groups in total. The summed E-state index contributed by atoms with van der Waals surface area (Å²) in [6, 6.07) is 5.44. The van der Waals surface area contributed by atoms with Crippen LogP contribution in [-0.2, 0) is 4.79 Å². The standard InChI is InChI=1S/C17H24O4/c1-3-5-6-7-12-21-16-13-14(9-11-17(18)19)8-10-15(16)20-4-2/h8-11,13H,3-7,12H2,1-2H3,(H,18,19). The Kier molecular flexibility index (Phi) is 8.02. The molecule has 0 atom stereocenters. The van der Waals surface area contributed by atoms with Crippen molar-refractivity contribution < 1.29 is 19.4 Å². The van der Waals surface area contributed by atoms with Crippen molar-refractivity contribution in [3.63, 3.8) is 0 Å². The fourth-order valence-corrected chi connectivity index (χ4v) is 1.89. The van der Waals surface area contributed by atoms with E-state index in [0.717, 1.165) is 24.5 Å². The van der Waals surface area contributed by atoms with Gasteiger partial charge in [-0.3, -0.25) is 0 Å². The van der Waals surface area contributed by atoms with Gasteiger partial charge in [0.25, 0.3) is 0 Å². The van der Waals surface area contributed by atoms with Gasteiger partial charge in [0.05, 0.1) is 13.2 Å². The van der Waals surface area contributed by atoms with E-state index in [1.165, 1.54) is 12.8 Å². The third kappa shape index (κ3) is 6.84. The summed E-state index contributed by atoms with van der Waals surface area (Å²) in [6.45, 7) is 5.30. The first-order valence-electron chi connectivity index (χ1n) is 7.48. The number of benzene rings is 1. The normalized spacial score (nSPS) is 10.8. The Morgan fingerprint density at radius 3 is 2.62 bits per heavy atom. The highest BCUT2D eigenvalue weighted by Crippen LogP contribution is 2.29. The third-order valence-electron chi connectivity index (χ3n) is 2.94. The highest BCUT2D eigenvalue weighted by molar-refractivity contribution is 5.85. The van der Waals surface area contributed by atoms with Crippen molar-refractivity contribution >= 4 is 12.0 Å². The maximum atomic E-state index is 10.6. The van der Waals surface area contributed by atoms with Crippen LogP contribution in [0.1, 0.15) is 45.1 Å². The summed E-state index contributed by atoms with van der Waals surface area (Å²) in [6.07, 6.45) is 7.22. The highest BCUT2D eigenvalue weighted by Gasteiger charge is 2.05. The zero-order valence-corrected chi connectivity index (χ0v) is 12.8. The van der Waals surface area contributed by atoms with Crippen molar-refractivity contribution in [2.75, 3.05) is 13.2 Å². The van der Waals surface area contributed by atoms with Gasteiger partial charge in [0.2, 0.25) is 0 Å². The first-order chi connectivity index (χ1) is 10.2. The molecule has 0 aliphatic heterocycles. The molecule has 1 aromatic carbocycles. The maximum absolute atomic E-state index is 10.6. The van der Waals surface area contributed by atoms with Gasteiger partial charge in [0, 0.05) is 6.08 Å². The van der Waals surface area contributed by atoms with Crippen LogP contribution in [0.3, 0.4) is 0 Å². The molecule has 0 bridgehead atoms. The minimum atomic E-state index is -0.967. The van der Waals surface area contributed by atoms with Crippen LogP contribution < -0.4 is 9.47 Å². The number of carboxylic acids is 1. The molecule has 0 radical (unpaired) electrons. The molecule has 0 saturated carbocycles. The first-order valence-corrected chi connectivity index (χ1v) is 7.48. The van der Waals surface area contributed by atoms with Gasteiger partial charge in [-0.05, 0) is 37.1 Å². The predicted molar refractivity (Wildman–Crippen MR) is 83.9 cm³/mol. The average Bonchev–Trinajstić information content (AvgIpc) is 2.47. The summed E-state index contributed by atoms with van der Waals surface area (Å²) < 4.78 is 11.3. The molecular formula is C17H24O4. The van der Waals surface area contributed by atoms with E-state index in [4.69, 9.17) is 14.6 Å². The van der Waals surface area contributed by atoms with Gasteiger partial charge in [0.1, 0.15) is 0 Å². The second kappa shape index (κ2) is 9.86. The molecule has 0 spiro atoms. The molecule has 0 unspecified atom stereocenters. The largest absolute Gasteiger partial charge is 0.490 e. The third-order valence-corrected chi connectivity index (χ3v) is 2.94. The molecule has 1 rings (SSSR count). The minimum Gasteiger partial charge on any atom is -0.490 e. The van der Waals surface area contributed by atoms with Gasteiger partial charge in [0.15, 0.2) is 11.5 Å². The van der Waals surface area contributed by atoms with E-state index >= 15 is 0 Å². The molecule has 1 aromatic rings. The second-order valence-corrected chi connectivity index (χ2v) is 4.72. The molecule has 0 saturated heterocycles. The molecule has 0 aromatic heterocycles. The number of ether oxygens (including phenoxy) is 2. The van der Waals surface area contributed by atoms with Crippen LogP contribution in [0, 0.1) is 0 Å². The lowest BCUT2D eigenvalue weighted by molar-refractivity contribution is -0.131. The Hall–Kier alpha value is -1.97. The fraction of sp³-hybridized carbons (Fsp3) is 0.471. The molecule has 4 nitrogen and oxygen atoms in total. The van der Waals surface area contributed by atoms with Crippen LogP contribution in [0.2, 0.25) is 0 Å². The van der Waals surface area contributed by atoms with Gasteiger partial charge in [-0.1, -0.05) is 32.3 Å². The molecule has 0 aliphatic rings. The summed E-state index contributed by atoms with van der Waals surface area (Å²) in [4.78, 5) is 10.6. The molecule has 0 fully saturated rings. The molecule has 21 heavy (non-hydrogen) atoms. The maximum Gasteiger partial charge on any atom is 0.328 e. The molecule has 4 heteroatoms. The summed E-state index contributed by atoms with van der Waals surface area (Å²) in [5.74, 6) is 0.396. The number of hydrogen-bond donors (Lipinski definition) is 1. The first kappa shape index (κ1) is 17.1. The Bertz CT molecular complexity index is 466. The van der Waals surface area contributed by atoms with Crippen LogP contribution in [0.4, 0.5) is 0 Å². The predicted octanol–water partition coefficient (Wildman–Crippen LogP) is 4.14. The number of carbonyl (C=O) groups is 1. The molecular weight excluding hydrogens is 268 g/mol. The number of carboxylic acid groups (broad SMARTS) is 1. The van der Waals surface area contributed by atoms with Gasteiger partial charge in [-0.15, -0.1) is 0 Å². The molecule has 0 heterocycles.